The highest BCUT2D eigenvalue weighted by Crippen LogP contribution is 2.54. The molecule has 2 N–H and O–H groups in total. The molecule has 0 saturated heterocycles. The largest absolute Gasteiger partial charge is 0.573 e. The third kappa shape index (κ3) is 6.57. The SMILES string of the molecule is CC1(C)CN(c2ccccc2NC(=O)CCCc2ccc(OC(F)(F)F)cc2)c2c(O)cc(F)c(C3=CC(C#N)CC=C3)c21. The van der Waals surface area contributed by atoms with Gasteiger partial charge in [0.2, 0.25) is 5.91 Å². The van der Waals surface area contributed by atoms with Gasteiger partial charge in [-0.1, -0.05) is 56.3 Å². The summed E-state index contributed by atoms with van der Waals surface area (Å²) in [5.41, 5.74) is 3.32. The van der Waals surface area contributed by atoms with Gasteiger partial charge in [0.15, 0.2) is 0 Å². The molecule has 1 amide bonds. The van der Waals surface area contributed by atoms with Gasteiger partial charge in [0, 0.05) is 30.0 Å². The van der Waals surface area contributed by atoms with Crippen molar-refractivity contribution >= 4 is 28.5 Å². The molecule has 1 heterocycles. The lowest BCUT2D eigenvalue weighted by Gasteiger charge is -2.25. The van der Waals surface area contributed by atoms with Crippen LogP contribution in [0, 0.1) is 23.1 Å². The van der Waals surface area contributed by atoms with Crippen LogP contribution in [0.1, 0.15) is 49.8 Å². The van der Waals surface area contributed by atoms with Crippen LogP contribution in [-0.4, -0.2) is 23.9 Å². The number of nitrogens with one attached hydrogen (secondary N) is 1. The number of nitrogens with zero attached hydrogens (tertiary/aromatic N) is 2. The van der Waals surface area contributed by atoms with Gasteiger partial charge in [-0.2, -0.15) is 5.26 Å². The van der Waals surface area contributed by atoms with Crippen LogP contribution in [0.2, 0.25) is 0 Å². The van der Waals surface area contributed by atoms with Crippen LogP contribution in [0.3, 0.4) is 0 Å². The Bertz CT molecular complexity index is 1670. The molecular weight excluding hydrogens is 574 g/mol. The number of para-hydroxylation sites is 2. The predicted molar refractivity (Wildman–Crippen MR) is 160 cm³/mol. The van der Waals surface area contributed by atoms with Gasteiger partial charge < -0.3 is 20.1 Å². The maximum Gasteiger partial charge on any atom is 0.573 e. The van der Waals surface area contributed by atoms with E-state index >= 15 is 4.39 Å². The fraction of sp³-hybridized carbons (Fsp3) is 0.294. The van der Waals surface area contributed by atoms with E-state index in [0.29, 0.717) is 59.6 Å². The lowest BCUT2D eigenvalue weighted by Crippen LogP contribution is -2.26. The van der Waals surface area contributed by atoms with Gasteiger partial charge in [0.05, 0.1) is 29.0 Å². The van der Waals surface area contributed by atoms with Crippen molar-refractivity contribution in [1.29, 1.82) is 5.26 Å². The van der Waals surface area contributed by atoms with E-state index in [1.165, 1.54) is 24.3 Å². The highest BCUT2D eigenvalue weighted by atomic mass is 19.4. The van der Waals surface area contributed by atoms with Crippen molar-refractivity contribution in [2.45, 2.75) is 51.3 Å². The van der Waals surface area contributed by atoms with Crippen LogP contribution in [-0.2, 0) is 16.6 Å². The molecule has 44 heavy (non-hydrogen) atoms. The van der Waals surface area contributed by atoms with Crippen molar-refractivity contribution in [2.24, 2.45) is 5.92 Å². The number of ether oxygens (including phenoxy) is 1. The summed E-state index contributed by atoms with van der Waals surface area (Å²) in [6.45, 7) is 4.32. The maximum atomic E-state index is 15.5. The first-order valence-electron chi connectivity index (χ1n) is 14.2. The molecule has 0 saturated carbocycles. The van der Waals surface area contributed by atoms with Crippen LogP contribution >= 0.6 is 0 Å². The standard InChI is InChI=1S/C34H31F4N3O3/c1-33(2)20-41(32-28(42)18-25(35)30(31(32)33)23-9-5-8-22(17-23)19-39)27-11-4-3-10-26(27)40-29(43)12-6-7-21-13-15-24(16-14-21)44-34(36,37)38/h3-5,9-11,13-18,22,42H,6-8,12,20H2,1-2H3,(H,40,43). The third-order valence-electron chi connectivity index (χ3n) is 7.75. The number of phenols is 1. The van der Waals surface area contributed by atoms with Crippen molar-refractivity contribution in [3.05, 3.63) is 95.3 Å². The number of carbonyl (C=O) groups excluding carboxylic acids is 1. The van der Waals surface area contributed by atoms with Gasteiger partial charge in [-0.25, -0.2) is 4.39 Å². The van der Waals surface area contributed by atoms with Gasteiger partial charge in [-0.3, -0.25) is 4.79 Å². The Labute approximate surface area is 252 Å². The first-order chi connectivity index (χ1) is 20.9. The number of aryl methyl sites for hydroxylation is 1. The Hall–Kier alpha value is -4.78. The first-order valence-corrected chi connectivity index (χ1v) is 14.2. The Kier molecular flexibility index (Phi) is 8.42. The Morgan fingerprint density at radius 3 is 2.61 bits per heavy atom. The lowest BCUT2D eigenvalue weighted by molar-refractivity contribution is -0.274. The lowest BCUT2D eigenvalue weighted by atomic mass is 9.79. The predicted octanol–water partition coefficient (Wildman–Crippen LogP) is 8.30. The highest BCUT2D eigenvalue weighted by molar-refractivity contribution is 5.97. The molecule has 10 heteroatoms. The summed E-state index contributed by atoms with van der Waals surface area (Å²) in [7, 11) is 0. The molecule has 1 atom stereocenters. The Morgan fingerprint density at radius 2 is 1.91 bits per heavy atom. The van der Waals surface area contributed by atoms with E-state index in [0.717, 1.165) is 11.6 Å². The van der Waals surface area contributed by atoms with Gasteiger partial charge in [0.1, 0.15) is 17.3 Å². The second-order valence-corrected chi connectivity index (χ2v) is 11.6. The van der Waals surface area contributed by atoms with Crippen molar-refractivity contribution in [3.8, 4) is 17.6 Å². The zero-order chi connectivity index (χ0) is 31.6. The van der Waals surface area contributed by atoms with Crippen molar-refractivity contribution in [1.82, 2.24) is 0 Å². The molecule has 228 valence electrons. The zero-order valence-electron chi connectivity index (χ0n) is 24.2. The molecular formula is C34H31F4N3O3. The van der Waals surface area contributed by atoms with E-state index in [9.17, 15) is 28.3 Å². The van der Waals surface area contributed by atoms with Crippen molar-refractivity contribution in [3.63, 3.8) is 0 Å². The summed E-state index contributed by atoms with van der Waals surface area (Å²) in [6.07, 6.45) is 2.31. The number of benzene rings is 3. The summed E-state index contributed by atoms with van der Waals surface area (Å²) < 4.78 is 56.6. The number of alkyl halides is 3. The number of nitriles is 1. The minimum Gasteiger partial charge on any atom is -0.506 e. The number of allylic oxidation sites excluding steroid dienone is 4. The molecule has 0 fully saturated rings. The van der Waals surface area contributed by atoms with E-state index in [-0.39, 0.29) is 29.7 Å². The van der Waals surface area contributed by atoms with E-state index in [2.05, 4.69) is 16.1 Å². The van der Waals surface area contributed by atoms with Gasteiger partial charge in [-0.15, -0.1) is 13.2 Å². The Balaban J connectivity index is 1.35. The molecule has 3 aromatic rings. The number of anilines is 3. The first kappa shape index (κ1) is 30.7. The van der Waals surface area contributed by atoms with Crippen LogP contribution in [0.5, 0.6) is 11.5 Å². The number of fused-ring (bicyclic) bond motifs is 1. The molecule has 1 aliphatic heterocycles. The average Bonchev–Trinajstić information content (AvgIpc) is 3.24. The molecule has 2 aliphatic rings. The van der Waals surface area contributed by atoms with Crippen LogP contribution in [0.15, 0.2) is 72.8 Å². The number of carbonyl (C=O) groups is 1. The quantitative estimate of drug-likeness (QED) is 0.252. The summed E-state index contributed by atoms with van der Waals surface area (Å²) in [5, 5.41) is 23.5. The Morgan fingerprint density at radius 1 is 1.18 bits per heavy atom. The molecule has 1 unspecified atom stereocenters. The van der Waals surface area contributed by atoms with E-state index < -0.39 is 17.6 Å². The molecule has 0 spiro atoms. The molecule has 6 nitrogen and oxygen atoms in total. The highest BCUT2D eigenvalue weighted by Gasteiger charge is 2.42. The number of halogens is 4. The maximum absolute atomic E-state index is 15.5. The van der Waals surface area contributed by atoms with Crippen LogP contribution in [0.4, 0.5) is 34.6 Å². The third-order valence-corrected chi connectivity index (χ3v) is 7.75. The fourth-order valence-electron chi connectivity index (χ4n) is 5.88. The van der Waals surface area contributed by atoms with Crippen molar-refractivity contribution in [2.75, 3.05) is 16.8 Å². The molecule has 0 bridgehead atoms. The number of phenolic OH excluding ortho intramolecular Hbond substituents is 1. The fourth-order valence-corrected chi connectivity index (χ4v) is 5.88. The molecule has 1 aliphatic carbocycles. The number of hydrogen-bond donors (Lipinski definition) is 2. The molecule has 5 rings (SSSR count). The minimum absolute atomic E-state index is 0.165. The zero-order valence-corrected chi connectivity index (χ0v) is 24.2. The molecule has 0 radical (unpaired) electrons. The van der Waals surface area contributed by atoms with E-state index in [1.54, 1.807) is 24.3 Å². The molecule has 0 aromatic heterocycles. The van der Waals surface area contributed by atoms with Gasteiger partial charge >= 0.3 is 6.36 Å². The number of aromatic hydroxyl groups is 1. The normalized spacial score (nSPS) is 17.1. The summed E-state index contributed by atoms with van der Waals surface area (Å²) in [4.78, 5) is 14.8. The van der Waals surface area contributed by atoms with Crippen molar-refractivity contribution < 1.29 is 32.2 Å². The number of rotatable bonds is 8. The average molecular weight is 606 g/mol. The summed E-state index contributed by atoms with van der Waals surface area (Å²) >= 11 is 0. The van der Waals surface area contributed by atoms with Gasteiger partial charge in [0.25, 0.3) is 0 Å². The van der Waals surface area contributed by atoms with Gasteiger partial charge in [-0.05, 0) is 60.2 Å². The smallest absolute Gasteiger partial charge is 0.506 e. The second kappa shape index (κ2) is 12.1. The summed E-state index contributed by atoms with van der Waals surface area (Å²) in [5.74, 6) is -1.73. The number of hydrogen-bond acceptors (Lipinski definition) is 5. The summed E-state index contributed by atoms with van der Waals surface area (Å²) in [6, 6.07) is 16.0. The van der Waals surface area contributed by atoms with Crippen LogP contribution in [0.25, 0.3) is 5.57 Å². The minimum atomic E-state index is -4.76. The number of amides is 1. The van der Waals surface area contributed by atoms with Crippen LogP contribution < -0.4 is 15.0 Å². The van der Waals surface area contributed by atoms with E-state index in [4.69, 9.17) is 0 Å². The molecule has 3 aromatic carbocycles. The van der Waals surface area contributed by atoms with E-state index in [1.807, 2.05) is 37.0 Å². The topological polar surface area (TPSA) is 85.6 Å². The monoisotopic (exact) mass is 605 g/mol. The second-order valence-electron chi connectivity index (χ2n) is 11.6.